The van der Waals surface area contributed by atoms with Gasteiger partial charge in [0.05, 0.1) is 15.9 Å². The van der Waals surface area contributed by atoms with Crippen LogP contribution in [0.4, 0.5) is 5.88 Å². The molecule has 90 valence electrons. The highest BCUT2D eigenvalue weighted by Crippen LogP contribution is 2.37. The van der Waals surface area contributed by atoms with Gasteiger partial charge in [-0.2, -0.15) is 0 Å². The van der Waals surface area contributed by atoms with Crippen LogP contribution in [0.15, 0.2) is 30.9 Å². The van der Waals surface area contributed by atoms with Crippen molar-refractivity contribution in [1.82, 2.24) is 0 Å². The zero-order valence-electron chi connectivity index (χ0n) is 8.22. The van der Waals surface area contributed by atoms with Crippen molar-refractivity contribution in [2.75, 3.05) is 0 Å². The lowest BCUT2D eigenvalue weighted by Crippen LogP contribution is -2.08. The van der Waals surface area contributed by atoms with E-state index in [-0.39, 0.29) is 5.88 Å². The predicted molar refractivity (Wildman–Crippen MR) is 71.1 cm³/mol. The quantitative estimate of drug-likeness (QED) is 0.647. The number of halogens is 2. The summed E-state index contributed by atoms with van der Waals surface area (Å²) >= 11 is 8.17. The average molecular weight is 382 g/mol. The molecule has 0 aliphatic heterocycles. The molecule has 0 aromatic carbocycles. The van der Waals surface area contributed by atoms with Crippen LogP contribution in [0.25, 0.3) is 0 Å². The van der Waals surface area contributed by atoms with E-state index in [1.165, 1.54) is 23.5 Å². The second-order valence-electron chi connectivity index (χ2n) is 3.18. The highest BCUT2D eigenvalue weighted by atomic mass is 79.9. The first-order chi connectivity index (χ1) is 7.99. The van der Waals surface area contributed by atoms with Gasteiger partial charge in [0.25, 0.3) is 0 Å². The maximum atomic E-state index is 10.5. The zero-order valence-corrected chi connectivity index (χ0v) is 12.2. The van der Waals surface area contributed by atoms with E-state index in [9.17, 15) is 10.1 Å². The van der Waals surface area contributed by atoms with Crippen molar-refractivity contribution in [2.45, 2.75) is 6.04 Å². The lowest BCUT2D eigenvalue weighted by molar-refractivity contribution is -0.402. The number of hydrogen-bond acceptors (Lipinski definition) is 5. The molecule has 2 aromatic rings. The van der Waals surface area contributed by atoms with Crippen LogP contribution >= 0.6 is 43.2 Å². The van der Waals surface area contributed by atoms with Gasteiger partial charge in [-0.25, -0.2) is 0 Å². The van der Waals surface area contributed by atoms with Crippen LogP contribution in [0.2, 0.25) is 0 Å². The Bertz CT molecular complexity index is 547. The van der Waals surface area contributed by atoms with Crippen molar-refractivity contribution < 1.29 is 9.34 Å². The van der Waals surface area contributed by atoms with Gasteiger partial charge in [-0.3, -0.25) is 10.1 Å². The van der Waals surface area contributed by atoms with E-state index in [1.807, 2.05) is 6.07 Å². The Morgan fingerprint density at radius 3 is 2.65 bits per heavy atom. The van der Waals surface area contributed by atoms with Crippen LogP contribution in [0.1, 0.15) is 16.7 Å². The Labute approximate surface area is 117 Å². The summed E-state index contributed by atoms with van der Waals surface area (Å²) in [6.45, 7) is 0. The fraction of sp³-hybridized carbons (Fsp3) is 0.111. The van der Waals surface area contributed by atoms with Crippen LogP contribution in [0.5, 0.6) is 0 Å². The normalized spacial score (nSPS) is 12.6. The molecule has 0 aliphatic carbocycles. The molecule has 5 nitrogen and oxygen atoms in total. The minimum Gasteiger partial charge on any atom is -0.404 e. The number of hydrogen-bond donors (Lipinski definition) is 1. The molecule has 0 spiro atoms. The highest BCUT2D eigenvalue weighted by Gasteiger charge is 2.20. The van der Waals surface area contributed by atoms with E-state index >= 15 is 0 Å². The van der Waals surface area contributed by atoms with Gasteiger partial charge in [0, 0.05) is 9.35 Å². The summed E-state index contributed by atoms with van der Waals surface area (Å²) in [5.41, 5.74) is 5.96. The number of nitrogens with two attached hydrogens (primary N) is 1. The van der Waals surface area contributed by atoms with E-state index < -0.39 is 11.0 Å². The SMILES string of the molecule is NC(c1ccc([N+](=O)[O-])o1)c1cc(Br)c(Br)s1. The van der Waals surface area contributed by atoms with Crippen molar-refractivity contribution in [2.24, 2.45) is 5.73 Å². The summed E-state index contributed by atoms with van der Waals surface area (Å²) < 4.78 is 6.88. The zero-order chi connectivity index (χ0) is 12.6. The highest BCUT2D eigenvalue weighted by molar-refractivity contribution is 9.13. The molecule has 0 aliphatic rings. The summed E-state index contributed by atoms with van der Waals surface area (Å²) in [6.07, 6.45) is 0. The Kier molecular flexibility index (Phi) is 3.67. The molecule has 0 radical (unpaired) electrons. The summed E-state index contributed by atoms with van der Waals surface area (Å²) in [5, 5.41) is 10.5. The van der Waals surface area contributed by atoms with Gasteiger partial charge in [0.2, 0.25) is 0 Å². The molecule has 2 rings (SSSR count). The van der Waals surface area contributed by atoms with Crippen molar-refractivity contribution >= 4 is 49.1 Å². The van der Waals surface area contributed by atoms with E-state index in [0.29, 0.717) is 5.76 Å². The van der Waals surface area contributed by atoms with Gasteiger partial charge in [-0.1, -0.05) is 0 Å². The molecule has 2 heterocycles. The minimum absolute atomic E-state index is 0.301. The smallest absolute Gasteiger partial charge is 0.404 e. The first kappa shape index (κ1) is 12.7. The second-order valence-corrected chi connectivity index (χ2v) is 6.44. The maximum Gasteiger partial charge on any atom is 0.433 e. The Hall–Kier alpha value is -0.700. The number of nitro groups is 1. The predicted octanol–water partition coefficient (Wildman–Crippen LogP) is 3.82. The second kappa shape index (κ2) is 4.89. The van der Waals surface area contributed by atoms with Crippen LogP contribution in [-0.2, 0) is 0 Å². The summed E-state index contributed by atoms with van der Waals surface area (Å²) in [5.74, 6) is 0.0723. The standard InChI is InChI=1S/C9H6Br2N2O3S/c10-4-3-6(17-9(4)11)8(12)5-1-2-7(16-5)13(14)15/h1-3,8H,12H2. The average Bonchev–Trinajstić information content (AvgIpc) is 2.86. The largest absolute Gasteiger partial charge is 0.433 e. The van der Waals surface area contributed by atoms with Crippen molar-refractivity contribution in [3.05, 3.63) is 47.2 Å². The van der Waals surface area contributed by atoms with Gasteiger partial charge < -0.3 is 10.2 Å². The van der Waals surface area contributed by atoms with Gasteiger partial charge in [0.15, 0.2) is 0 Å². The molecule has 0 saturated carbocycles. The molecule has 1 unspecified atom stereocenters. The van der Waals surface area contributed by atoms with Crippen molar-refractivity contribution in [1.29, 1.82) is 0 Å². The summed E-state index contributed by atoms with van der Waals surface area (Å²) in [4.78, 5) is 10.8. The summed E-state index contributed by atoms with van der Waals surface area (Å²) in [7, 11) is 0. The topological polar surface area (TPSA) is 82.3 Å². The molecule has 0 amide bonds. The number of rotatable bonds is 3. The lowest BCUT2D eigenvalue weighted by Gasteiger charge is -2.04. The summed E-state index contributed by atoms with van der Waals surface area (Å²) in [6, 6.07) is 4.17. The molecule has 8 heteroatoms. The van der Waals surface area contributed by atoms with Gasteiger partial charge >= 0.3 is 5.88 Å². The first-order valence-corrected chi connectivity index (χ1v) is 6.83. The molecule has 2 N–H and O–H groups in total. The van der Waals surface area contributed by atoms with Gasteiger partial charge in [0.1, 0.15) is 10.7 Å². The molecule has 1 atom stereocenters. The van der Waals surface area contributed by atoms with Crippen molar-refractivity contribution in [3.8, 4) is 0 Å². The minimum atomic E-state index is -0.587. The number of furan rings is 1. The Morgan fingerprint density at radius 1 is 1.47 bits per heavy atom. The fourth-order valence-corrected chi connectivity index (χ4v) is 3.36. The van der Waals surface area contributed by atoms with Gasteiger partial charge in [-0.05, 0) is 44.0 Å². The van der Waals surface area contributed by atoms with E-state index in [2.05, 4.69) is 31.9 Å². The van der Waals surface area contributed by atoms with Crippen LogP contribution < -0.4 is 5.73 Å². The molecule has 17 heavy (non-hydrogen) atoms. The Morgan fingerprint density at radius 2 is 2.18 bits per heavy atom. The van der Waals surface area contributed by atoms with Crippen LogP contribution in [0.3, 0.4) is 0 Å². The molecular formula is C9H6Br2N2O3S. The van der Waals surface area contributed by atoms with Gasteiger partial charge in [-0.15, -0.1) is 11.3 Å². The van der Waals surface area contributed by atoms with Crippen molar-refractivity contribution in [3.63, 3.8) is 0 Å². The molecular weight excluding hydrogens is 376 g/mol. The maximum absolute atomic E-state index is 10.5. The molecule has 2 aromatic heterocycles. The third kappa shape index (κ3) is 2.59. The first-order valence-electron chi connectivity index (χ1n) is 4.43. The van der Waals surface area contributed by atoms with E-state index in [4.69, 9.17) is 10.2 Å². The third-order valence-electron chi connectivity index (χ3n) is 2.07. The Balaban J connectivity index is 2.30. The fourth-order valence-electron chi connectivity index (χ4n) is 1.26. The lowest BCUT2D eigenvalue weighted by atomic mass is 10.2. The molecule has 0 saturated heterocycles. The van der Waals surface area contributed by atoms with E-state index in [1.54, 1.807) is 0 Å². The number of nitrogens with zero attached hydrogens (tertiary/aromatic N) is 1. The van der Waals surface area contributed by atoms with E-state index in [0.717, 1.165) is 13.1 Å². The molecule has 0 bridgehead atoms. The molecule has 0 fully saturated rings. The number of thiophene rings is 1. The van der Waals surface area contributed by atoms with Crippen LogP contribution in [-0.4, -0.2) is 4.92 Å². The third-order valence-corrected chi connectivity index (χ3v) is 5.41. The monoisotopic (exact) mass is 380 g/mol. The van der Waals surface area contributed by atoms with Crippen LogP contribution in [0, 0.1) is 10.1 Å².